The Bertz CT molecular complexity index is 729. The Morgan fingerprint density at radius 3 is 2.41 bits per heavy atom. The number of rotatable bonds is 3. The Balaban J connectivity index is 1.81. The molecule has 0 N–H and O–H groups in total. The second kappa shape index (κ2) is 6.04. The number of sulfone groups is 1. The van der Waals surface area contributed by atoms with Gasteiger partial charge in [0.2, 0.25) is 15.7 Å². The van der Waals surface area contributed by atoms with Crippen LogP contribution in [0.1, 0.15) is 32.1 Å². The lowest BCUT2D eigenvalue weighted by Crippen LogP contribution is -2.19. The highest BCUT2D eigenvalue weighted by molar-refractivity contribution is 7.96. The summed E-state index contributed by atoms with van der Waals surface area (Å²) in [5, 5.41) is 0. The molecule has 22 heavy (non-hydrogen) atoms. The first-order valence-electron chi connectivity index (χ1n) is 7.39. The van der Waals surface area contributed by atoms with Gasteiger partial charge in [0, 0.05) is 6.08 Å². The molecule has 0 aromatic heterocycles. The van der Waals surface area contributed by atoms with Gasteiger partial charge in [-0.1, -0.05) is 24.6 Å². The van der Waals surface area contributed by atoms with E-state index in [1.807, 2.05) is 0 Å². The van der Waals surface area contributed by atoms with Crippen molar-refractivity contribution in [2.75, 3.05) is 0 Å². The number of carbonyl (C=O) groups is 1. The van der Waals surface area contributed by atoms with Gasteiger partial charge in [-0.2, -0.15) is 4.99 Å². The van der Waals surface area contributed by atoms with Crippen LogP contribution >= 0.6 is 0 Å². The second-order valence-corrected chi connectivity index (χ2v) is 7.38. The fourth-order valence-electron chi connectivity index (χ4n) is 2.69. The average Bonchev–Trinajstić information content (AvgIpc) is 2.90. The summed E-state index contributed by atoms with van der Waals surface area (Å²) in [6.45, 7) is 0. The summed E-state index contributed by atoms with van der Waals surface area (Å²) in [6, 6.07) is 7.88. The maximum atomic E-state index is 12.5. The van der Waals surface area contributed by atoms with Crippen molar-refractivity contribution >= 4 is 21.6 Å². The van der Waals surface area contributed by atoms with E-state index in [0.29, 0.717) is 0 Å². The van der Waals surface area contributed by atoms with Crippen molar-refractivity contribution in [2.24, 2.45) is 4.99 Å². The molecule has 0 spiro atoms. The first kappa shape index (κ1) is 15.0. The molecule has 2 aliphatic rings. The van der Waals surface area contributed by atoms with Crippen LogP contribution in [0.3, 0.4) is 0 Å². The van der Waals surface area contributed by atoms with E-state index in [-0.39, 0.29) is 21.8 Å². The molecule has 1 heterocycles. The number of amides is 1. The van der Waals surface area contributed by atoms with Crippen molar-refractivity contribution in [3.05, 3.63) is 41.3 Å². The molecule has 1 aromatic carbocycles. The minimum absolute atomic E-state index is 0.0235. The fraction of sp³-hybridized carbons (Fsp3) is 0.375. The first-order chi connectivity index (χ1) is 10.6. The van der Waals surface area contributed by atoms with Crippen molar-refractivity contribution < 1.29 is 17.9 Å². The van der Waals surface area contributed by atoms with Crippen LogP contribution in [-0.4, -0.2) is 26.3 Å². The number of hydrogen-bond acceptors (Lipinski definition) is 4. The molecule has 1 fully saturated rings. The third kappa shape index (κ3) is 2.97. The number of carbonyl (C=O) groups excluding carboxylic acids is 1. The van der Waals surface area contributed by atoms with Crippen molar-refractivity contribution in [3.8, 4) is 0 Å². The quantitative estimate of drug-likeness (QED) is 0.858. The van der Waals surface area contributed by atoms with Crippen LogP contribution in [0.5, 0.6) is 0 Å². The lowest BCUT2D eigenvalue weighted by atomic mass is 9.98. The van der Waals surface area contributed by atoms with E-state index in [9.17, 15) is 13.2 Å². The van der Waals surface area contributed by atoms with E-state index < -0.39 is 15.7 Å². The van der Waals surface area contributed by atoms with Crippen LogP contribution in [0.15, 0.2) is 51.2 Å². The second-order valence-electron chi connectivity index (χ2n) is 5.46. The van der Waals surface area contributed by atoms with Gasteiger partial charge in [0.15, 0.2) is 0 Å². The third-order valence-corrected chi connectivity index (χ3v) is 5.62. The largest absolute Gasteiger partial charge is 0.474 e. The zero-order valence-electron chi connectivity index (χ0n) is 12.1. The Labute approximate surface area is 129 Å². The molecular weight excluding hydrogens is 302 g/mol. The maximum absolute atomic E-state index is 12.5. The van der Waals surface area contributed by atoms with E-state index >= 15 is 0 Å². The number of nitrogens with zero attached hydrogens (tertiary/aromatic N) is 1. The molecule has 0 radical (unpaired) electrons. The number of ether oxygens (including phenoxy) is 1. The maximum Gasteiger partial charge on any atom is 0.292 e. The SMILES string of the molecule is O=C1N=C(OC2CCCCC2)C=C1S(=O)(=O)c1ccccc1. The molecule has 1 aliphatic heterocycles. The van der Waals surface area contributed by atoms with Gasteiger partial charge in [-0.3, -0.25) is 4.79 Å². The smallest absolute Gasteiger partial charge is 0.292 e. The van der Waals surface area contributed by atoms with Crippen molar-refractivity contribution in [1.29, 1.82) is 0 Å². The van der Waals surface area contributed by atoms with Gasteiger partial charge >= 0.3 is 0 Å². The molecule has 116 valence electrons. The van der Waals surface area contributed by atoms with Crippen LogP contribution in [0.2, 0.25) is 0 Å². The predicted octanol–water partition coefficient (Wildman–Crippen LogP) is 2.63. The van der Waals surface area contributed by atoms with Crippen LogP contribution in [0.4, 0.5) is 0 Å². The van der Waals surface area contributed by atoms with Crippen molar-refractivity contribution in [1.82, 2.24) is 0 Å². The highest BCUT2D eigenvalue weighted by Crippen LogP contribution is 2.26. The lowest BCUT2D eigenvalue weighted by Gasteiger charge is -2.21. The van der Waals surface area contributed by atoms with Gasteiger partial charge in [0.1, 0.15) is 11.0 Å². The molecule has 1 amide bonds. The average molecular weight is 319 g/mol. The summed E-state index contributed by atoms with van der Waals surface area (Å²) >= 11 is 0. The van der Waals surface area contributed by atoms with E-state index in [4.69, 9.17) is 4.74 Å². The topological polar surface area (TPSA) is 72.8 Å². The Morgan fingerprint density at radius 2 is 1.73 bits per heavy atom. The number of hydrogen-bond donors (Lipinski definition) is 0. The van der Waals surface area contributed by atoms with Crippen LogP contribution in [0, 0.1) is 0 Å². The summed E-state index contributed by atoms with van der Waals surface area (Å²) in [7, 11) is -3.84. The molecule has 3 rings (SSSR count). The third-order valence-electron chi connectivity index (χ3n) is 3.86. The number of benzene rings is 1. The zero-order valence-corrected chi connectivity index (χ0v) is 12.9. The van der Waals surface area contributed by atoms with E-state index in [1.54, 1.807) is 18.2 Å². The zero-order chi connectivity index (χ0) is 15.6. The molecule has 0 atom stereocenters. The Morgan fingerprint density at radius 1 is 1.05 bits per heavy atom. The molecule has 1 saturated carbocycles. The predicted molar refractivity (Wildman–Crippen MR) is 82.1 cm³/mol. The summed E-state index contributed by atoms with van der Waals surface area (Å²) in [4.78, 5) is 15.4. The van der Waals surface area contributed by atoms with Gasteiger partial charge < -0.3 is 4.74 Å². The molecule has 0 bridgehead atoms. The molecule has 1 aromatic rings. The minimum Gasteiger partial charge on any atom is -0.474 e. The highest BCUT2D eigenvalue weighted by atomic mass is 32.2. The lowest BCUT2D eigenvalue weighted by molar-refractivity contribution is -0.113. The van der Waals surface area contributed by atoms with E-state index in [0.717, 1.165) is 25.7 Å². The number of aliphatic imine (C=N–C) groups is 1. The van der Waals surface area contributed by atoms with Gasteiger partial charge in [-0.25, -0.2) is 8.42 Å². The molecule has 5 nitrogen and oxygen atoms in total. The minimum atomic E-state index is -3.84. The van der Waals surface area contributed by atoms with Crippen LogP contribution in [-0.2, 0) is 19.4 Å². The monoisotopic (exact) mass is 319 g/mol. The van der Waals surface area contributed by atoms with Gasteiger partial charge in [-0.15, -0.1) is 0 Å². The van der Waals surface area contributed by atoms with Crippen LogP contribution in [0.25, 0.3) is 0 Å². The fourth-order valence-corrected chi connectivity index (χ4v) is 4.00. The first-order valence-corrected chi connectivity index (χ1v) is 8.87. The summed E-state index contributed by atoms with van der Waals surface area (Å²) in [6.07, 6.45) is 6.48. The molecular formula is C16H17NO4S. The Kier molecular flexibility index (Phi) is 4.11. The highest BCUT2D eigenvalue weighted by Gasteiger charge is 2.32. The van der Waals surface area contributed by atoms with Gasteiger partial charge in [-0.05, 0) is 37.8 Å². The summed E-state index contributed by atoms with van der Waals surface area (Å²) in [5.41, 5.74) is 0. The standard InChI is InChI=1S/C16H17NO4S/c18-16-14(22(19,20)13-9-5-2-6-10-13)11-15(17-16)21-12-7-3-1-4-8-12/h2,5-6,9-12H,1,3-4,7-8H2. The van der Waals surface area contributed by atoms with E-state index in [1.165, 1.54) is 24.6 Å². The van der Waals surface area contributed by atoms with Crippen molar-refractivity contribution in [3.63, 3.8) is 0 Å². The molecule has 0 unspecified atom stereocenters. The van der Waals surface area contributed by atoms with Crippen LogP contribution < -0.4 is 0 Å². The normalized spacial score (nSPS) is 19.7. The Hall–Kier alpha value is -1.95. The molecule has 0 saturated heterocycles. The molecule has 6 heteroatoms. The van der Waals surface area contributed by atoms with Gasteiger partial charge in [0.05, 0.1) is 4.90 Å². The summed E-state index contributed by atoms with van der Waals surface area (Å²) in [5.74, 6) is -0.638. The van der Waals surface area contributed by atoms with Crippen molar-refractivity contribution in [2.45, 2.75) is 43.1 Å². The van der Waals surface area contributed by atoms with Gasteiger partial charge in [0.25, 0.3) is 5.91 Å². The molecule has 1 aliphatic carbocycles. The summed E-state index contributed by atoms with van der Waals surface area (Å²) < 4.78 is 30.6. The van der Waals surface area contributed by atoms with E-state index in [2.05, 4.69) is 4.99 Å².